The van der Waals surface area contributed by atoms with Crippen molar-refractivity contribution in [3.05, 3.63) is 82.9 Å². The van der Waals surface area contributed by atoms with Gasteiger partial charge in [-0.25, -0.2) is 0 Å². The molecule has 6 heteroatoms. The molecule has 36 heavy (non-hydrogen) atoms. The molecule has 1 saturated heterocycles. The van der Waals surface area contributed by atoms with Gasteiger partial charge in [0.25, 0.3) is 5.91 Å². The highest BCUT2D eigenvalue weighted by molar-refractivity contribution is 6.12. The molecule has 3 aromatic carbocycles. The average Bonchev–Trinajstić information content (AvgIpc) is 3.30. The van der Waals surface area contributed by atoms with E-state index in [0.29, 0.717) is 29.7 Å². The number of benzene rings is 3. The van der Waals surface area contributed by atoms with E-state index in [9.17, 15) is 9.59 Å². The molecule has 0 unspecified atom stereocenters. The van der Waals surface area contributed by atoms with Crippen molar-refractivity contribution in [2.75, 3.05) is 42.1 Å². The van der Waals surface area contributed by atoms with Gasteiger partial charge in [0, 0.05) is 47.7 Å². The van der Waals surface area contributed by atoms with Crippen molar-refractivity contribution in [2.24, 2.45) is 0 Å². The quantitative estimate of drug-likeness (QED) is 0.366. The number of carbonyl (C=O) groups excluding carboxylic acids is 2. The van der Waals surface area contributed by atoms with Crippen LogP contribution >= 0.6 is 0 Å². The molecule has 2 aliphatic rings. The third kappa shape index (κ3) is 5.44. The summed E-state index contributed by atoms with van der Waals surface area (Å²) in [4.78, 5) is 28.3. The van der Waals surface area contributed by atoms with Crippen LogP contribution in [0.3, 0.4) is 0 Å². The number of fused-ring (bicyclic) bond motifs is 1. The molecular weight excluding hydrogens is 448 g/mol. The topological polar surface area (TPSA) is 73.5 Å². The Bertz CT molecular complexity index is 1250. The number of amides is 1. The third-order valence-corrected chi connectivity index (χ3v) is 7.21. The highest BCUT2D eigenvalue weighted by atomic mass is 16.2. The summed E-state index contributed by atoms with van der Waals surface area (Å²) in [5.74, 6) is -0.140. The van der Waals surface area contributed by atoms with Gasteiger partial charge in [0.1, 0.15) is 0 Å². The summed E-state index contributed by atoms with van der Waals surface area (Å²) in [5, 5.41) is 9.91. The van der Waals surface area contributed by atoms with Crippen LogP contribution in [0.5, 0.6) is 0 Å². The third-order valence-electron chi connectivity index (χ3n) is 7.21. The summed E-state index contributed by atoms with van der Waals surface area (Å²) in [5.41, 5.74) is 6.81. The molecule has 0 atom stereocenters. The van der Waals surface area contributed by atoms with Gasteiger partial charge in [-0.2, -0.15) is 0 Å². The fourth-order valence-corrected chi connectivity index (χ4v) is 5.14. The summed E-state index contributed by atoms with van der Waals surface area (Å²) in [6.45, 7) is 6.36. The van der Waals surface area contributed by atoms with Gasteiger partial charge in [0.15, 0.2) is 5.78 Å². The van der Waals surface area contributed by atoms with Gasteiger partial charge < -0.3 is 20.9 Å². The maximum absolute atomic E-state index is 13.0. The summed E-state index contributed by atoms with van der Waals surface area (Å²) >= 11 is 0. The Morgan fingerprint density at radius 3 is 2.39 bits per heavy atom. The molecule has 1 amide bonds. The number of piperidine rings is 1. The number of carbonyl (C=O) groups is 2. The number of ketones is 1. The van der Waals surface area contributed by atoms with E-state index in [4.69, 9.17) is 0 Å². The van der Waals surface area contributed by atoms with E-state index in [1.807, 2.05) is 54.6 Å². The lowest BCUT2D eigenvalue weighted by molar-refractivity contribution is 0.0995. The minimum atomic E-state index is -0.212. The highest BCUT2D eigenvalue weighted by Crippen LogP contribution is 2.36. The lowest BCUT2D eigenvalue weighted by atomic mass is 10.0. The minimum Gasteiger partial charge on any atom is -0.384 e. The van der Waals surface area contributed by atoms with Crippen molar-refractivity contribution >= 4 is 34.4 Å². The summed E-state index contributed by atoms with van der Waals surface area (Å²) in [6, 6.07) is 19.4. The van der Waals surface area contributed by atoms with E-state index < -0.39 is 0 Å². The van der Waals surface area contributed by atoms with Crippen LogP contribution in [0.15, 0.2) is 60.7 Å². The Hall–Kier alpha value is -3.64. The molecule has 0 spiro atoms. The molecule has 0 aromatic heterocycles. The molecule has 186 valence electrons. The van der Waals surface area contributed by atoms with Crippen molar-refractivity contribution in [3.8, 4) is 0 Å². The van der Waals surface area contributed by atoms with Crippen LogP contribution in [0.25, 0.3) is 0 Å². The van der Waals surface area contributed by atoms with E-state index in [-0.39, 0.29) is 11.7 Å². The van der Waals surface area contributed by atoms with Crippen molar-refractivity contribution in [1.29, 1.82) is 0 Å². The van der Waals surface area contributed by atoms with Gasteiger partial charge in [0.05, 0.1) is 5.69 Å². The summed E-state index contributed by atoms with van der Waals surface area (Å²) < 4.78 is 0. The van der Waals surface area contributed by atoms with Crippen molar-refractivity contribution in [1.82, 2.24) is 4.90 Å². The number of hydrogen-bond donors (Lipinski definition) is 3. The molecule has 0 radical (unpaired) electrons. The van der Waals surface area contributed by atoms with E-state index in [1.165, 1.54) is 32.4 Å². The molecule has 6 nitrogen and oxygen atoms in total. The van der Waals surface area contributed by atoms with Gasteiger partial charge in [-0.05, 0) is 92.9 Å². The van der Waals surface area contributed by atoms with Gasteiger partial charge in [0.2, 0.25) is 0 Å². The molecule has 3 aromatic rings. The number of aryl methyl sites for hydroxylation is 1. The van der Waals surface area contributed by atoms with Crippen molar-refractivity contribution < 1.29 is 9.59 Å². The van der Waals surface area contributed by atoms with E-state index >= 15 is 0 Å². The smallest absolute Gasteiger partial charge is 0.255 e. The van der Waals surface area contributed by atoms with Gasteiger partial charge in [-0.1, -0.05) is 24.6 Å². The van der Waals surface area contributed by atoms with Crippen LogP contribution in [-0.4, -0.2) is 42.8 Å². The fourth-order valence-electron chi connectivity index (χ4n) is 5.14. The molecule has 0 bridgehead atoms. The van der Waals surface area contributed by atoms with Crippen LogP contribution in [0.1, 0.15) is 57.5 Å². The Morgan fingerprint density at radius 2 is 1.61 bits per heavy atom. The van der Waals surface area contributed by atoms with Crippen LogP contribution in [0.2, 0.25) is 0 Å². The van der Waals surface area contributed by atoms with Crippen LogP contribution < -0.4 is 16.0 Å². The predicted molar refractivity (Wildman–Crippen MR) is 147 cm³/mol. The first-order valence-corrected chi connectivity index (χ1v) is 13.0. The normalized spacial score (nSPS) is 15.4. The summed E-state index contributed by atoms with van der Waals surface area (Å²) in [6.07, 6.45) is 5.07. The molecular formula is C30H34N4O2. The van der Waals surface area contributed by atoms with Crippen LogP contribution in [0.4, 0.5) is 22.7 Å². The zero-order valence-corrected chi connectivity index (χ0v) is 20.9. The fraction of sp³-hybridized carbons (Fsp3) is 0.333. The Balaban J connectivity index is 1.24. The Morgan fingerprint density at radius 1 is 0.861 bits per heavy atom. The average molecular weight is 483 g/mol. The van der Waals surface area contributed by atoms with E-state index in [1.54, 1.807) is 0 Å². The lowest BCUT2D eigenvalue weighted by Crippen LogP contribution is -2.33. The molecule has 3 N–H and O–H groups in total. The second-order valence-corrected chi connectivity index (χ2v) is 9.74. The lowest BCUT2D eigenvalue weighted by Gasteiger charge is -2.26. The van der Waals surface area contributed by atoms with Crippen LogP contribution in [0, 0.1) is 6.92 Å². The molecule has 1 aliphatic carbocycles. The number of Topliss-reactive ketones (excluding diaryl/α,β-unsaturated/α-hetero) is 1. The first-order valence-electron chi connectivity index (χ1n) is 13.0. The first kappa shape index (κ1) is 24.1. The van der Waals surface area contributed by atoms with Gasteiger partial charge in [-0.15, -0.1) is 0 Å². The molecule has 5 rings (SSSR count). The monoisotopic (exact) mass is 482 g/mol. The zero-order valence-electron chi connectivity index (χ0n) is 20.9. The highest BCUT2D eigenvalue weighted by Gasteiger charge is 2.27. The SMILES string of the molecule is Cc1ccccc1Nc1ccc(NC(=O)c2ccc(NCCN3CCCCC3)cc2)c2c1CCC2=O. The number of rotatable bonds is 8. The molecule has 0 saturated carbocycles. The number of anilines is 4. The van der Waals surface area contributed by atoms with E-state index in [0.717, 1.165) is 41.3 Å². The number of hydrogen-bond acceptors (Lipinski definition) is 5. The Kier molecular flexibility index (Phi) is 7.33. The Labute approximate surface area is 213 Å². The van der Waals surface area contributed by atoms with Gasteiger partial charge in [-0.3, -0.25) is 9.59 Å². The van der Waals surface area contributed by atoms with E-state index in [2.05, 4.69) is 33.8 Å². The maximum atomic E-state index is 13.0. The largest absolute Gasteiger partial charge is 0.384 e. The number of likely N-dealkylation sites (tertiary alicyclic amines) is 1. The second kappa shape index (κ2) is 11.0. The number of para-hydroxylation sites is 1. The molecule has 1 fully saturated rings. The number of nitrogens with one attached hydrogen (secondary N) is 3. The second-order valence-electron chi connectivity index (χ2n) is 9.74. The zero-order chi connectivity index (χ0) is 24.9. The predicted octanol–water partition coefficient (Wildman–Crippen LogP) is 6.02. The maximum Gasteiger partial charge on any atom is 0.255 e. The van der Waals surface area contributed by atoms with Crippen molar-refractivity contribution in [2.45, 2.75) is 39.0 Å². The minimum absolute atomic E-state index is 0.0713. The molecule has 1 aliphatic heterocycles. The molecule has 1 heterocycles. The van der Waals surface area contributed by atoms with Gasteiger partial charge >= 0.3 is 0 Å². The standard InChI is InChI=1S/C30H34N4O2/c1-21-7-3-4-8-25(21)32-26-14-15-27(29-24(26)13-16-28(29)35)33-30(36)22-9-11-23(12-10-22)31-17-20-34-18-5-2-6-19-34/h3-4,7-12,14-15,31-32H,2,5-6,13,16-20H2,1H3,(H,33,36). The van der Waals surface area contributed by atoms with Crippen LogP contribution in [-0.2, 0) is 6.42 Å². The number of nitrogens with zero attached hydrogens (tertiary/aromatic N) is 1. The summed E-state index contributed by atoms with van der Waals surface area (Å²) in [7, 11) is 0. The van der Waals surface area contributed by atoms with Crippen molar-refractivity contribution in [3.63, 3.8) is 0 Å². The first-order chi connectivity index (χ1) is 17.6.